The van der Waals surface area contributed by atoms with Gasteiger partial charge in [0.05, 0.1) is 0 Å². The summed E-state index contributed by atoms with van der Waals surface area (Å²) in [6, 6.07) is 2.97. The molecule has 3 N–H and O–H groups in total. The van der Waals surface area contributed by atoms with Gasteiger partial charge in [-0.25, -0.2) is 0 Å². The molecule has 40 heavy (non-hydrogen) atoms. The van der Waals surface area contributed by atoms with Crippen LogP contribution in [0.3, 0.4) is 0 Å². The maximum absolute atomic E-state index is 7.30. The number of aromatic nitrogens is 1. The van der Waals surface area contributed by atoms with Gasteiger partial charge in [0.25, 0.3) is 0 Å². The van der Waals surface area contributed by atoms with Gasteiger partial charge in [0.1, 0.15) is 0 Å². The summed E-state index contributed by atoms with van der Waals surface area (Å²) >= 11 is 0. The lowest BCUT2D eigenvalue weighted by Crippen LogP contribution is -2.51. The van der Waals surface area contributed by atoms with Gasteiger partial charge in [-0.15, -0.1) is 0 Å². The number of nitrogens with zero attached hydrogens (tertiary/aromatic N) is 1. The third-order valence-corrected chi connectivity index (χ3v) is 12.1. The average molecular weight is 555 g/mol. The second kappa shape index (κ2) is 13.1. The Kier molecular flexibility index (Phi) is 9.95. The van der Waals surface area contributed by atoms with Crippen molar-refractivity contribution in [3.8, 4) is 5.88 Å². The molecular weight excluding hydrogens is 492 g/mol. The summed E-state index contributed by atoms with van der Waals surface area (Å²) in [7, 11) is 0. The quantitative estimate of drug-likeness (QED) is 0.319. The molecule has 5 heterocycles. The largest absolute Gasteiger partial charge is 0.459 e. The molecule has 0 amide bonds. The van der Waals surface area contributed by atoms with E-state index in [4.69, 9.17) is 4.74 Å². The Morgan fingerprint density at radius 3 is 1.68 bits per heavy atom. The van der Waals surface area contributed by atoms with Crippen LogP contribution in [0.2, 0.25) is 0 Å². The van der Waals surface area contributed by atoms with Crippen molar-refractivity contribution < 1.29 is 4.74 Å². The third kappa shape index (κ3) is 5.08. The third-order valence-electron chi connectivity index (χ3n) is 12.1. The number of fused-ring (bicyclic) bond motifs is 8. The Morgan fingerprint density at radius 2 is 1.15 bits per heavy atom. The van der Waals surface area contributed by atoms with Crippen LogP contribution >= 0.6 is 0 Å². The SMILES string of the molecule is CCc1c(CC)c2n(CC)c1OC1NC(C(CC)C3CCC(N3)C(CC)C3CCC(N3)C2CC)C(CC)C1CC. The Hall–Kier alpha value is -1.04. The van der Waals surface area contributed by atoms with Gasteiger partial charge >= 0.3 is 0 Å². The van der Waals surface area contributed by atoms with Crippen LogP contribution < -0.4 is 20.7 Å². The zero-order valence-electron chi connectivity index (χ0n) is 27.2. The molecule has 1 aromatic heterocycles. The van der Waals surface area contributed by atoms with Crippen LogP contribution in [0, 0.1) is 23.7 Å². The molecule has 0 radical (unpaired) electrons. The van der Waals surface area contributed by atoms with Crippen molar-refractivity contribution in [2.75, 3.05) is 0 Å². The summed E-state index contributed by atoms with van der Waals surface area (Å²) in [5.41, 5.74) is 4.64. The number of hydrogen-bond acceptors (Lipinski definition) is 4. The lowest BCUT2D eigenvalue weighted by Gasteiger charge is -2.35. The molecular formula is C35H62N4O. The first kappa shape index (κ1) is 30.4. The highest BCUT2D eigenvalue weighted by Crippen LogP contribution is 2.45. The van der Waals surface area contributed by atoms with E-state index in [1.807, 2.05) is 0 Å². The molecule has 11 unspecified atom stereocenters. The molecule has 228 valence electrons. The highest BCUT2D eigenvalue weighted by molar-refractivity contribution is 5.45. The summed E-state index contributed by atoms with van der Waals surface area (Å²) in [5.74, 6) is 4.32. The number of hydrogen-bond donors (Lipinski definition) is 3. The van der Waals surface area contributed by atoms with Crippen LogP contribution in [0.1, 0.15) is 136 Å². The zero-order valence-corrected chi connectivity index (χ0v) is 27.2. The highest BCUT2D eigenvalue weighted by Gasteiger charge is 2.49. The molecule has 1 aromatic rings. The van der Waals surface area contributed by atoms with Gasteiger partial charge < -0.3 is 19.9 Å². The lowest BCUT2D eigenvalue weighted by atomic mass is 9.77. The number of rotatable bonds is 8. The van der Waals surface area contributed by atoms with E-state index >= 15 is 0 Å². The second-order valence-electron chi connectivity index (χ2n) is 13.5. The summed E-state index contributed by atoms with van der Waals surface area (Å²) in [6.07, 6.45) is 13.6. The van der Waals surface area contributed by atoms with Crippen LogP contribution in [0.5, 0.6) is 5.88 Å². The predicted molar refractivity (Wildman–Crippen MR) is 168 cm³/mol. The number of ether oxygens (including phenoxy) is 1. The molecule has 4 aliphatic rings. The molecule has 4 aliphatic heterocycles. The minimum atomic E-state index is 0.0969. The first-order chi connectivity index (χ1) is 19.5. The predicted octanol–water partition coefficient (Wildman–Crippen LogP) is 7.16. The van der Waals surface area contributed by atoms with Crippen LogP contribution in [0.25, 0.3) is 0 Å². The van der Waals surface area contributed by atoms with E-state index in [9.17, 15) is 0 Å². The molecule has 5 nitrogen and oxygen atoms in total. The first-order valence-corrected chi connectivity index (χ1v) is 17.7. The van der Waals surface area contributed by atoms with Gasteiger partial charge in [0, 0.05) is 59.8 Å². The van der Waals surface area contributed by atoms with Crippen molar-refractivity contribution in [3.05, 3.63) is 16.8 Å². The normalized spacial score (nSPS) is 39.5. The van der Waals surface area contributed by atoms with Gasteiger partial charge in [-0.1, -0.05) is 67.7 Å². The second-order valence-corrected chi connectivity index (χ2v) is 13.5. The number of nitrogens with one attached hydrogen (secondary N) is 3. The topological polar surface area (TPSA) is 50.2 Å². The van der Waals surface area contributed by atoms with Crippen LogP contribution in [0.15, 0.2) is 0 Å². The van der Waals surface area contributed by atoms with Crippen molar-refractivity contribution in [2.24, 2.45) is 23.7 Å². The summed E-state index contributed by atoms with van der Waals surface area (Å²) in [4.78, 5) is 0. The van der Waals surface area contributed by atoms with E-state index in [1.165, 1.54) is 69.2 Å². The van der Waals surface area contributed by atoms with E-state index in [1.54, 1.807) is 11.3 Å². The highest BCUT2D eigenvalue weighted by atomic mass is 16.5. The van der Waals surface area contributed by atoms with Crippen molar-refractivity contribution >= 4 is 0 Å². The van der Waals surface area contributed by atoms with Crippen molar-refractivity contribution in [1.82, 2.24) is 20.5 Å². The average Bonchev–Trinajstić information content (AvgIpc) is 3.75. The molecule has 0 aliphatic carbocycles. The van der Waals surface area contributed by atoms with Gasteiger partial charge in [-0.2, -0.15) is 0 Å². The Balaban J connectivity index is 1.64. The fourth-order valence-corrected chi connectivity index (χ4v) is 10.3. The fourth-order valence-electron chi connectivity index (χ4n) is 10.3. The van der Waals surface area contributed by atoms with Crippen molar-refractivity contribution in [3.63, 3.8) is 0 Å². The monoisotopic (exact) mass is 554 g/mol. The van der Waals surface area contributed by atoms with Gasteiger partial charge in [-0.05, 0) is 81.6 Å². The molecule has 5 heteroatoms. The molecule has 3 saturated heterocycles. The maximum atomic E-state index is 7.30. The molecule has 8 bridgehead atoms. The molecule has 3 fully saturated rings. The minimum Gasteiger partial charge on any atom is -0.459 e. The Labute approximate surface area is 246 Å². The van der Waals surface area contributed by atoms with Crippen LogP contribution in [-0.4, -0.2) is 41.0 Å². The first-order valence-electron chi connectivity index (χ1n) is 17.7. The molecule has 5 rings (SSSR count). The standard InChI is InChI=1S/C35H62N4O/c1-9-21-23(11-3)34-38-32(21)26(14-6)30-19-17-28(36-30)25(13-5)29-18-20-31(37-29)27(15-7)33-22(10-2)24(12-4)35(40-34)39(33)16-8/h21,23,25-32,34,36-38H,9-20H2,1-8H3. The fraction of sp³-hybridized carbons (Fsp3) is 0.886. The van der Waals surface area contributed by atoms with Crippen LogP contribution in [-0.2, 0) is 19.4 Å². The summed E-state index contributed by atoms with van der Waals surface area (Å²) in [6.45, 7) is 20.2. The van der Waals surface area contributed by atoms with E-state index in [2.05, 4.69) is 75.9 Å². The van der Waals surface area contributed by atoms with E-state index in [0.717, 1.165) is 25.3 Å². The molecule has 0 saturated carbocycles. The van der Waals surface area contributed by atoms with E-state index < -0.39 is 0 Å². The van der Waals surface area contributed by atoms with E-state index in [-0.39, 0.29) is 6.23 Å². The maximum Gasteiger partial charge on any atom is 0.199 e. The van der Waals surface area contributed by atoms with E-state index in [0.29, 0.717) is 53.9 Å². The van der Waals surface area contributed by atoms with Crippen LogP contribution in [0.4, 0.5) is 0 Å². The smallest absolute Gasteiger partial charge is 0.199 e. The molecule has 0 spiro atoms. The summed E-state index contributed by atoms with van der Waals surface area (Å²) < 4.78 is 9.92. The van der Waals surface area contributed by atoms with Crippen molar-refractivity contribution in [1.29, 1.82) is 0 Å². The lowest BCUT2D eigenvalue weighted by molar-refractivity contribution is 0.109. The molecule has 0 aromatic carbocycles. The summed E-state index contributed by atoms with van der Waals surface area (Å²) in [5, 5.41) is 12.7. The molecule has 11 atom stereocenters. The van der Waals surface area contributed by atoms with Crippen molar-refractivity contribution in [2.45, 2.75) is 175 Å². The minimum absolute atomic E-state index is 0.0969. The zero-order chi connectivity index (χ0) is 28.6. The Morgan fingerprint density at radius 1 is 0.600 bits per heavy atom. The van der Waals surface area contributed by atoms with Gasteiger partial charge in [-0.3, -0.25) is 5.32 Å². The van der Waals surface area contributed by atoms with Gasteiger partial charge in [0.2, 0.25) is 0 Å². The van der Waals surface area contributed by atoms with Gasteiger partial charge in [0.15, 0.2) is 12.1 Å². The Bertz CT molecular complexity index is 973.